The fourth-order valence-corrected chi connectivity index (χ4v) is 3.68. The summed E-state index contributed by atoms with van der Waals surface area (Å²) in [4.78, 5) is 20.5. The maximum Gasteiger partial charge on any atom is 0.219 e. The number of hydrogen-bond donors (Lipinski definition) is 0. The van der Waals surface area contributed by atoms with Crippen molar-refractivity contribution >= 4 is 17.2 Å². The molecule has 1 aromatic carbocycles. The number of rotatable bonds is 4. The van der Waals surface area contributed by atoms with Crippen molar-refractivity contribution in [3.63, 3.8) is 0 Å². The summed E-state index contributed by atoms with van der Waals surface area (Å²) in [7, 11) is 1.69. The van der Waals surface area contributed by atoms with Gasteiger partial charge in [-0.15, -0.1) is 11.3 Å². The van der Waals surface area contributed by atoms with Gasteiger partial charge in [0.1, 0.15) is 10.8 Å². The Labute approximate surface area is 140 Å². The Balaban J connectivity index is 1.89. The Morgan fingerprint density at radius 2 is 2.22 bits per heavy atom. The first kappa shape index (κ1) is 16.0. The minimum atomic E-state index is 0.118. The van der Waals surface area contributed by atoms with Gasteiger partial charge in [0.05, 0.1) is 19.7 Å². The lowest BCUT2D eigenvalue weighted by atomic mass is 10.0. The second kappa shape index (κ2) is 7.10. The summed E-state index contributed by atoms with van der Waals surface area (Å²) in [6, 6.07) is 8.17. The molecule has 0 radical (unpaired) electrons. The topological polar surface area (TPSA) is 45.7 Å². The molecule has 5 nitrogen and oxygen atoms in total. The van der Waals surface area contributed by atoms with E-state index < -0.39 is 0 Å². The van der Waals surface area contributed by atoms with Gasteiger partial charge in [-0.3, -0.25) is 9.69 Å². The van der Waals surface area contributed by atoms with Gasteiger partial charge in [-0.05, 0) is 6.07 Å². The number of para-hydroxylation sites is 1. The molecule has 0 spiro atoms. The molecule has 0 aliphatic carbocycles. The van der Waals surface area contributed by atoms with Crippen LogP contribution in [0.3, 0.4) is 0 Å². The molecule has 0 bridgehead atoms. The van der Waals surface area contributed by atoms with E-state index in [9.17, 15) is 4.79 Å². The van der Waals surface area contributed by atoms with Crippen LogP contribution < -0.4 is 4.74 Å². The standard InChI is InChI=1S/C17H21N3O2S/c1-13(21)19-8-9-20(12-17-18-7-10-23-17)15(11-19)14-5-3-4-6-16(14)22-2/h3-7,10,15H,8-9,11-12H2,1-2H3/t15-/m1/s1. The summed E-state index contributed by atoms with van der Waals surface area (Å²) in [5, 5.41) is 3.10. The normalized spacial score (nSPS) is 18.9. The molecule has 1 saturated heterocycles. The highest BCUT2D eigenvalue weighted by Crippen LogP contribution is 2.33. The summed E-state index contributed by atoms with van der Waals surface area (Å²) >= 11 is 1.67. The molecule has 1 aliphatic rings. The molecule has 2 aromatic rings. The van der Waals surface area contributed by atoms with Gasteiger partial charge in [0.15, 0.2) is 0 Å². The molecule has 0 saturated carbocycles. The van der Waals surface area contributed by atoms with Crippen molar-refractivity contribution in [2.75, 3.05) is 26.7 Å². The van der Waals surface area contributed by atoms with Crippen molar-refractivity contribution in [3.05, 3.63) is 46.4 Å². The number of hydrogen-bond acceptors (Lipinski definition) is 5. The monoisotopic (exact) mass is 331 g/mol. The molecule has 1 aromatic heterocycles. The number of methoxy groups -OCH3 is 1. The van der Waals surface area contributed by atoms with E-state index in [1.807, 2.05) is 34.7 Å². The minimum absolute atomic E-state index is 0.118. The van der Waals surface area contributed by atoms with E-state index in [1.54, 1.807) is 25.4 Å². The quantitative estimate of drug-likeness (QED) is 0.864. The first-order valence-corrected chi connectivity index (χ1v) is 8.58. The number of ether oxygens (including phenoxy) is 1. The highest BCUT2D eigenvalue weighted by molar-refractivity contribution is 7.09. The lowest BCUT2D eigenvalue weighted by Crippen LogP contribution is -2.49. The van der Waals surface area contributed by atoms with E-state index in [2.05, 4.69) is 16.0 Å². The highest BCUT2D eigenvalue weighted by Gasteiger charge is 2.31. The number of piperazine rings is 1. The number of aromatic nitrogens is 1. The summed E-state index contributed by atoms with van der Waals surface area (Å²) in [6.45, 7) is 4.71. The van der Waals surface area contributed by atoms with E-state index in [1.165, 1.54) is 0 Å². The van der Waals surface area contributed by atoms with Crippen molar-refractivity contribution < 1.29 is 9.53 Å². The molecule has 2 heterocycles. The highest BCUT2D eigenvalue weighted by atomic mass is 32.1. The Morgan fingerprint density at radius 1 is 1.39 bits per heavy atom. The second-order valence-corrected chi connectivity index (χ2v) is 6.60. The Kier molecular flexibility index (Phi) is 4.93. The largest absolute Gasteiger partial charge is 0.496 e. The molecule has 1 fully saturated rings. The van der Waals surface area contributed by atoms with E-state index >= 15 is 0 Å². The van der Waals surface area contributed by atoms with Gasteiger partial charge in [-0.2, -0.15) is 0 Å². The van der Waals surface area contributed by atoms with Crippen LogP contribution >= 0.6 is 11.3 Å². The summed E-state index contributed by atoms with van der Waals surface area (Å²) in [5.41, 5.74) is 1.12. The van der Waals surface area contributed by atoms with Gasteiger partial charge in [-0.1, -0.05) is 18.2 Å². The van der Waals surface area contributed by atoms with Gasteiger partial charge in [0.25, 0.3) is 0 Å². The molecule has 1 amide bonds. The minimum Gasteiger partial charge on any atom is -0.496 e. The SMILES string of the molecule is COc1ccccc1[C@H]1CN(C(C)=O)CCN1Cc1nccs1. The molecule has 23 heavy (non-hydrogen) atoms. The van der Waals surface area contributed by atoms with Crippen LogP contribution in [0.15, 0.2) is 35.8 Å². The number of benzene rings is 1. The third-order valence-electron chi connectivity index (χ3n) is 4.26. The summed E-state index contributed by atoms with van der Waals surface area (Å²) in [5.74, 6) is 0.992. The Morgan fingerprint density at radius 3 is 2.91 bits per heavy atom. The van der Waals surface area contributed by atoms with E-state index in [0.717, 1.165) is 36.0 Å². The first-order valence-electron chi connectivity index (χ1n) is 7.70. The molecule has 0 unspecified atom stereocenters. The van der Waals surface area contributed by atoms with Crippen LogP contribution in [0.5, 0.6) is 5.75 Å². The zero-order valence-corrected chi connectivity index (χ0v) is 14.3. The van der Waals surface area contributed by atoms with Crippen molar-refractivity contribution in [1.82, 2.24) is 14.8 Å². The predicted molar refractivity (Wildman–Crippen MR) is 90.5 cm³/mol. The van der Waals surface area contributed by atoms with Gasteiger partial charge < -0.3 is 9.64 Å². The van der Waals surface area contributed by atoms with E-state index in [-0.39, 0.29) is 11.9 Å². The number of carbonyl (C=O) groups excluding carboxylic acids is 1. The van der Waals surface area contributed by atoms with Gasteiger partial charge in [0, 0.05) is 43.7 Å². The van der Waals surface area contributed by atoms with Crippen LogP contribution in [0.2, 0.25) is 0 Å². The average molecular weight is 331 g/mol. The van der Waals surface area contributed by atoms with Crippen molar-refractivity contribution in [2.45, 2.75) is 19.5 Å². The zero-order chi connectivity index (χ0) is 16.2. The fraction of sp³-hybridized carbons (Fsp3) is 0.412. The second-order valence-electron chi connectivity index (χ2n) is 5.62. The molecule has 1 atom stereocenters. The van der Waals surface area contributed by atoms with Crippen LogP contribution in [-0.2, 0) is 11.3 Å². The molecule has 6 heteroatoms. The van der Waals surface area contributed by atoms with Crippen LogP contribution in [0.4, 0.5) is 0 Å². The average Bonchev–Trinajstić information content (AvgIpc) is 3.08. The van der Waals surface area contributed by atoms with Crippen LogP contribution in [0, 0.1) is 0 Å². The Hall–Kier alpha value is -1.92. The molecule has 0 N–H and O–H groups in total. The van der Waals surface area contributed by atoms with Gasteiger partial charge in [0.2, 0.25) is 5.91 Å². The number of nitrogens with zero attached hydrogens (tertiary/aromatic N) is 3. The van der Waals surface area contributed by atoms with E-state index in [0.29, 0.717) is 6.54 Å². The fourth-order valence-electron chi connectivity index (χ4n) is 3.04. The van der Waals surface area contributed by atoms with Gasteiger partial charge >= 0.3 is 0 Å². The van der Waals surface area contributed by atoms with E-state index in [4.69, 9.17) is 4.74 Å². The molecule has 3 rings (SSSR count). The maximum atomic E-state index is 11.8. The van der Waals surface area contributed by atoms with Crippen molar-refractivity contribution in [1.29, 1.82) is 0 Å². The predicted octanol–water partition coefficient (Wildman–Crippen LogP) is 2.56. The van der Waals surface area contributed by atoms with Gasteiger partial charge in [-0.25, -0.2) is 4.98 Å². The lowest BCUT2D eigenvalue weighted by Gasteiger charge is -2.41. The smallest absolute Gasteiger partial charge is 0.219 e. The molecule has 122 valence electrons. The number of amides is 1. The zero-order valence-electron chi connectivity index (χ0n) is 13.4. The van der Waals surface area contributed by atoms with Crippen molar-refractivity contribution in [2.24, 2.45) is 0 Å². The summed E-state index contributed by atoms with van der Waals surface area (Å²) in [6.07, 6.45) is 1.84. The summed E-state index contributed by atoms with van der Waals surface area (Å²) < 4.78 is 5.53. The van der Waals surface area contributed by atoms with Crippen LogP contribution in [0.1, 0.15) is 23.5 Å². The van der Waals surface area contributed by atoms with Crippen LogP contribution in [-0.4, -0.2) is 47.4 Å². The Bertz CT molecular complexity index is 660. The first-order chi connectivity index (χ1) is 11.2. The molecular formula is C17H21N3O2S. The lowest BCUT2D eigenvalue weighted by molar-refractivity contribution is -0.132. The third-order valence-corrected chi connectivity index (χ3v) is 5.02. The molecular weight excluding hydrogens is 310 g/mol. The number of thiazole rings is 1. The van der Waals surface area contributed by atoms with Crippen LogP contribution in [0.25, 0.3) is 0 Å². The van der Waals surface area contributed by atoms with Crippen molar-refractivity contribution in [3.8, 4) is 5.75 Å². The number of carbonyl (C=O) groups is 1. The molecule has 1 aliphatic heterocycles. The third kappa shape index (κ3) is 3.54. The maximum absolute atomic E-state index is 11.8.